The molecule has 0 aromatic carbocycles. The zero-order valence-electron chi connectivity index (χ0n) is 8.84. The summed E-state index contributed by atoms with van der Waals surface area (Å²) in [5.41, 5.74) is 5.98. The summed E-state index contributed by atoms with van der Waals surface area (Å²) in [6.45, 7) is 1.82. The van der Waals surface area contributed by atoms with Gasteiger partial charge in [-0.25, -0.2) is 13.4 Å². The fourth-order valence-corrected chi connectivity index (χ4v) is 2.30. The van der Waals surface area contributed by atoms with Crippen molar-refractivity contribution in [3.63, 3.8) is 0 Å². The van der Waals surface area contributed by atoms with E-state index in [4.69, 9.17) is 5.73 Å². The van der Waals surface area contributed by atoms with E-state index in [1.54, 1.807) is 12.1 Å². The number of hydrogen-bond acceptors (Lipinski definition) is 4. The van der Waals surface area contributed by atoms with E-state index in [9.17, 15) is 8.42 Å². The van der Waals surface area contributed by atoms with Crippen molar-refractivity contribution in [1.29, 1.82) is 0 Å². The highest BCUT2D eigenvalue weighted by Crippen LogP contribution is 2.14. The summed E-state index contributed by atoms with van der Waals surface area (Å²) in [6, 6.07) is 3.21. The first-order chi connectivity index (χ1) is 6.97. The topological polar surface area (TPSA) is 76.3 Å². The molecule has 0 fully saturated rings. The SMILES string of the molecule is CCCS(=O)(=O)N(C)c1ccc(N)cn1. The molecule has 84 valence electrons. The van der Waals surface area contributed by atoms with Crippen molar-refractivity contribution in [2.24, 2.45) is 0 Å². The lowest BCUT2D eigenvalue weighted by molar-refractivity contribution is 0.592. The van der Waals surface area contributed by atoms with Gasteiger partial charge in [0, 0.05) is 7.05 Å². The number of nitrogens with zero attached hydrogens (tertiary/aromatic N) is 2. The van der Waals surface area contributed by atoms with Gasteiger partial charge >= 0.3 is 0 Å². The highest BCUT2D eigenvalue weighted by molar-refractivity contribution is 7.92. The number of rotatable bonds is 4. The first-order valence-corrected chi connectivity index (χ1v) is 6.26. The van der Waals surface area contributed by atoms with E-state index >= 15 is 0 Å². The zero-order chi connectivity index (χ0) is 11.5. The third-order valence-electron chi connectivity index (χ3n) is 1.97. The normalized spacial score (nSPS) is 11.3. The van der Waals surface area contributed by atoms with Gasteiger partial charge < -0.3 is 5.73 Å². The second-order valence-corrected chi connectivity index (χ2v) is 5.35. The van der Waals surface area contributed by atoms with E-state index in [0.29, 0.717) is 17.9 Å². The van der Waals surface area contributed by atoms with Crippen LogP contribution in [0.15, 0.2) is 18.3 Å². The Morgan fingerprint density at radius 2 is 2.13 bits per heavy atom. The van der Waals surface area contributed by atoms with Crippen LogP contribution in [0, 0.1) is 0 Å². The molecule has 15 heavy (non-hydrogen) atoms. The van der Waals surface area contributed by atoms with Crippen molar-refractivity contribution in [2.45, 2.75) is 13.3 Å². The maximum Gasteiger partial charge on any atom is 0.236 e. The monoisotopic (exact) mass is 229 g/mol. The molecule has 1 rings (SSSR count). The van der Waals surface area contributed by atoms with Gasteiger partial charge in [-0.1, -0.05) is 6.92 Å². The first kappa shape index (κ1) is 11.8. The van der Waals surface area contributed by atoms with Crippen LogP contribution in [0.2, 0.25) is 0 Å². The standard InChI is InChI=1S/C9H15N3O2S/c1-3-6-15(13,14)12(2)9-5-4-8(10)7-11-9/h4-5,7H,3,6,10H2,1-2H3. The molecule has 0 aliphatic heterocycles. The van der Waals surface area contributed by atoms with Gasteiger partial charge in [0.05, 0.1) is 17.6 Å². The molecule has 0 saturated heterocycles. The van der Waals surface area contributed by atoms with Gasteiger partial charge in [0.1, 0.15) is 5.82 Å². The summed E-state index contributed by atoms with van der Waals surface area (Å²) in [5, 5.41) is 0. The number of nitrogens with two attached hydrogens (primary N) is 1. The predicted octanol–water partition coefficient (Wildman–Crippen LogP) is 0.840. The van der Waals surface area contributed by atoms with Gasteiger partial charge in [0.2, 0.25) is 10.0 Å². The van der Waals surface area contributed by atoms with Crippen molar-refractivity contribution in [1.82, 2.24) is 4.98 Å². The highest BCUT2D eigenvalue weighted by atomic mass is 32.2. The van der Waals surface area contributed by atoms with Gasteiger partial charge in [-0.15, -0.1) is 0 Å². The number of nitrogen functional groups attached to an aromatic ring is 1. The molecule has 0 unspecified atom stereocenters. The van der Waals surface area contributed by atoms with E-state index in [1.165, 1.54) is 17.5 Å². The van der Waals surface area contributed by atoms with E-state index in [1.807, 2.05) is 6.92 Å². The second-order valence-electron chi connectivity index (χ2n) is 3.23. The Morgan fingerprint density at radius 3 is 2.60 bits per heavy atom. The Hall–Kier alpha value is -1.30. The van der Waals surface area contributed by atoms with E-state index < -0.39 is 10.0 Å². The van der Waals surface area contributed by atoms with Crippen LogP contribution in [0.25, 0.3) is 0 Å². The second kappa shape index (κ2) is 4.48. The lowest BCUT2D eigenvalue weighted by Gasteiger charge is -2.17. The molecule has 2 N–H and O–H groups in total. The fourth-order valence-electron chi connectivity index (χ4n) is 1.12. The third kappa shape index (κ3) is 2.82. The van der Waals surface area contributed by atoms with E-state index in [2.05, 4.69) is 4.98 Å². The van der Waals surface area contributed by atoms with Gasteiger partial charge in [-0.3, -0.25) is 4.31 Å². The average molecular weight is 229 g/mol. The van der Waals surface area contributed by atoms with Gasteiger partial charge in [0.15, 0.2) is 0 Å². The van der Waals surface area contributed by atoms with Crippen LogP contribution in [-0.2, 0) is 10.0 Å². The van der Waals surface area contributed by atoms with Crippen LogP contribution in [0.5, 0.6) is 0 Å². The number of aromatic nitrogens is 1. The van der Waals surface area contributed by atoms with Crippen molar-refractivity contribution in [2.75, 3.05) is 22.8 Å². The quantitative estimate of drug-likeness (QED) is 0.830. The molecule has 0 radical (unpaired) electrons. The molecular weight excluding hydrogens is 214 g/mol. The summed E-state index contributed by atoms with van der Waals surface area (Å²) >= 11 is 0. The minimum Gasteiger partial charge on any atom is -0.397 e. The molecule has 1 heterocycles. The minimum atomic E-state index is -3.25. The van der Waals surface area contributed by atoms with E-state index in [0.717, 1.165) is 0 Å². The van der Waals surface area contributed by atoms with Crippen molar-refractivity contribution in [3.05, 3.63) is 18.3 Å². The molecule has 0 atom stereocenters. The average Bonchev–Trinajstić information content (AvgIpc) is 2.18. The van der Waals surface area contributed by atoms with Crippen LogP contribution in [0.4, 0.5) is 11.5 Å². The maximum absolute atomic E-state index is 11.7. The molecule has 0 spiro atoms. The van der Waals surface area contributed by atoms with Crippen LogP contribution >= 0.6 is 0 Å². The Kier molecular flexibility index (Phi) is 3.52. The molecule has 0 saturated carbocycles. The van der Waals surface area contributed by atoms with Gasteiger partial charge in [0.25, 0.3) is 0 Å². The summed E-state index contributed by atoms with van der Waals surface area (Å²) in [7, 11) is -1.76. The van der Waals surface area contributed by atoms with Crippen molar-refractivity contribution < 1.29 is 8.42 Å². The summed E-state index contributed by atoms with van der Waals surface area (Å²) in [5.74, 6) is 0.507. The highest BCUT2D eigenvalue weighted by Gasteiger charge is 2.17. The zero-order valence-corrected chi connectivity index (χ0v) is 9.66. The molecular formula is C9H15N3O2S. The van der Waals surface area contributed by atoms with Gasteiger partial charge in [-0.05, 0) is 18.6 Å². The predicted molar refractivity (Wildman–Crippen MR) is 61.1 cm³/mol. The Morgan fingerprint density at radius 1 is 1.47 bits per heavy atom. The van der Waals surface area contributed by atoms with Gasteiger partial charge in [-0.2, -0.15) is 0 Å². The van der Waals surface area contributed by atoms with Crippen LogP contribution < -0.4 is 10.0 Å². The number of pyridine rings is 1. The Labute approximate surface area is 90.0 Å². The molecule has 0 aliphatic rings. The third-order valence-corrected chi connectivity index (χ3v) is 3.92. The van der Waals surface area contributed by atoms with Crippen LogP contribution in [-0.4, -0.2) is 26.2 Å². The lowest BCUT2D eigenvalue weighted by Crippen LogP contribution is -2.29. The Balaban J connectivity index is 2.94. The summed E-state index contributed by atoms with van der Waals surface area (Å²) in [6.07, 6.45) is 2.02. The molecule has 0 bridgehead atoms. The summed E-state index contributed by atoms with van der Waals surface area (Å²) in [4.78, 5) is 3.95. The Bertz CT molecular complexity index is 413. The first-order valence-electron chi connectivity index (χ1n) is 4.65. The largest absolute Gasteiger partial charge is 0.397 e. The molecule has 6 heteroatoms. The van der Waals surface area contributed by atoms with Crippen LogP contribution in [0.1, 0.15) is 13.3 Å². The number of anilines is 2. The maximum atomic E-state index is 11.7. The molecule has 0 aliphatic carbocycles. The smallest absolute Gasteiger partial charge is 0.236 e. The number of sulfonamides is 1. The van der Waals surface area contributed by atoms with Crippen molar-refractivity contribution >= 4 is 21.5 Å². The number of hydrogen-bond donors (Lipinski definition) is 1. The molecule has 1 aromatic heterocycles. The molecule has 1 aromatic rings. The summed E-state index contributed by atoms with van der Waals surface area (Å²) < 4.78 is 24.5. The minimum absolute atomic E-state index is 0.121. The lowest BCUT2D eigenvalue weighted by atomic mass is 10.4. The van der Waals surface area contributed by atoms with E-state index in [-0.39, 0.29) is 5.75 Å². The molecule has 0 amide bonds. The van der Waals surface area contributed by atoms with Crippen LogP contribution in [0.3, 0.4) is 0 Å². The fraction of sp³-hybridized carbons (Fsp3) is 0.444. The van der Waals surface area contributed by atoms with Crippen molar-refractivity contribution in [3.8, 4) is 0 Å². The molecule has 5 nitrogen and oxygen atoms in total.